The first-order chi connectivity index (χ1) is 11.6. The number of nitrogens with zero attached hydrogens (tertiary/aromatic N) is 2. The van der Waals surface area contributed by atoms with Crippen LogP contribution in [0.5, 0.6) is 0 Å². The van der Waals surface area contributed by atoms with E-state index in [2.05, 4.69) is 49.1 Å². The van der Waals surface area contributed by atoms with Gasteiger partial charge in [-0.1, -0.05) is 36.4 Å². The molecule has 2 aromatic rings. The molecule has 0 unspecified atom stereocenters. The molecule has 0 N–H and O–H groups in total. The van der Waals surface area contributed by atoms with Crippen LogP contribution < -0.4 is 0 Å². The highest BCUT2D eigenvalue weighted by Gasteiger charge is 2.23. The van der Waals surface area contributed by atoms with Gasteiger partial charge >= 0.3 is 0 Å². The van der Waals surface area contributed by atoms with Crippen molar-refractivity contribution >= 4 is 5.91 Å². The van der Waals surface area contributed by atoms with Crippen molar-refractivity contribution in [2.45, 2.75) is 27.3 Å². The zero-order valence-corrected chi connectivity index (χ0v) is 14.9. The summed E-state index contributed by atoms with van der Waals surface area (Å²) in [5, 5.41) is 0. The SMILES string of the molecule is Cc1ccccc1CN1CCN(C(=O)c2cccc(C)c2C)CC1. The van der Waals surface area contributed by atoms with Gasteiger partial charge in [0.1, 0.15) is 0 Å². The second kappa shape index (κ2) is 7.18. The molecule has 0 saturated carbocycles. The Morgan fingerprint density at radius 3 is 2.25 bits per heavy atom. The van der Waals surface area contributed by atoms with Crippen molar-refractivity contribution in [3.63, 3.8) is 0 Å². The van der Waals surface area contributed by atoms with Crippen molar-refractivity contribution in [2.24, 2.45) is 0 Å². The number of benzene rings is 2. The minimum Gasteiger partial charge on any atom is -0.336 e. The summed E-state index contributed by atoms with van der Waals surface area (Å²) in [6.45, 7) is 10.7. The molecule has 1 heterocycles. The van der Waals surface area contributed by atoms with Gasteiger partial charge in [0.05, 0.1) is 0 Å². The van der Waals surface area contributed by atoms with Crippen molar-refractivity contribution in [1.29, 1.82) is 0 Å². The number of carbonyl (C=O) groups is 1. The van der Waals surface area contributed by atoms with Crippen molar-refractivity contribution < 1.29 is 4.79 Å². The molecular formula is C21H26N2O. The van der Waals surface area contributed by atoms with E-state index in [0.29, 0.717) is 0 Å². The lowest BCUT2D eigenvalue weighted by Crippen LogP contribution is -2.48. The van der Waals surface area contributed by atoms with Gasteiger partial charge in [0.25, 0.3) is 5.91 Å². The molecule has 0 aliphatic carbocycles. The van der Waals surface area contributed by atoms with E-state index >= 15 is 0 Å². The van der Waals surface area contributed by atoms with E-state index in [9.17, 15) is 4.79 Å². The van der Waals surface area contributed by atoms with Gasteiger partial charge in [0, 0.05) is 38.3 Å². The van der Waals surface area contributed by atoms with E-state index < -0.39 is 0 Å². The van der Waals surface area contributed by atoms with Crippen LogP contribution in [0.3, 0.4) is 0 Å². The summed E-state index contributed by atoms with van der Waals surface area (Å²) in [5.74, 6) is 0.173. The van der Waals surface area contributed by atoms with E-state index in [1.807, 2.05) is 24.0 Å². The maximum absolute atomic E-state index is 12.8. The van der Waals surface area contributed by atoms with E-state index in [0.717, 1.165) is 43.9 Å². The molecule has 126 valence electrons. The summed E-state index contributed by atoms with van der Waals surface area (Å²) in [7, 11) is 0. The minimum atomic E-state index is 0.173. The third-order valence-corrected chi connectivity index (χ3v) is 5.15. The maximum atomic E-state index is 12.8. The molecule has 1 aliphatic heterocycles. The summed E-state index contributed by atoms with van der Waals surface area (Å²) >= 11 is 0. The standard InChI is InChI=1S/C21H26N2O/c1-16-8-6-10-20(18(16)3)21(24)23-13-11-22(12-14-23)15-19-9-5-4-7-17(19)2/h4-10H,11-15H2,1-3H3. The minimum absolute atomic E-state index is 0.173. The molecule has 0 radical (unpaired) electrons. The van der Waals surface area contributed by atoms with E-state index in [4.69, 9.17) is 0 Å². The summed E-state index contributed by atoms with van der Waals surface area (Å²) in [6, 6.07) is 14.5. The van der Waals surface area contributed by atoms with Crippen LogP contribution in [-0.4, -0.2) is 41.9 Å². The van der Waals surface area contributed by atoms with Crippen LogP contribution in [0.1, 0.15) is 32.6 Å². The predicted octanol–water partition coefficient (Wildman–Crippen LogP) is 3.57. The maximum Gasteiger partial charge on any atom is 0.254 e. The molecule has 0 bridgehead atoms. The average Bonchev–Trinajstić information content (AvgIpc) is 2.59. The van der Waals surface area contributed by atoms with Crippen LogP contribution in [-0.2, 0) is 6.54 Å². The van der Waals surface area contributed by atoms with Crippen LogP contribution >= 0.6 is 0 Å². The third kappa shape index (κ3) is 3.51. The lowest BCUT2D eigenvalue weighted by molar-refractivity contribution is 0.0627. The molecule has 3 heteroatoms. The second-order valence-electron chi connectivity index (χ2n) is 6.74. The molecule has 2 aromatic carbocycles. The van der Waals surface area contributed by atoms with Gasteiger partial charge < -0.3 is 4.90 Å². The van der Waals surface area contributed by atoms with E-state index in [1.165, 1.54) is 16.7 Å². The first-order valence-corrected chi connectivity index (χ1v) is 8.68. The zero-order valence-electron chi connectivity index (χ0n) is 14.9. The number of amides is 1. The summed E-state index contributed by atoms with van der Waals surface area (Å²) in [4.78, 5) is 17.2. The van der Waals surface area contributed by atoms with Crippen molar-refractivity contribution in [2.75, 3.05) is 26.2 Å². The highest BCUT2D eigenvalue weighted by Crippen LogP contribution is 2.17. The Morgan fingerprint density at radius 1 is 0.875 bits per heavy atom. The van der Waals surface area contributed by atoms with Gasteiger partial charge in [0.2, 0.25) is 0 Å². The number of hydrogen-bond donors (Lipinski definition) is 0. The van der Waals surface area contributed by atoms with Crippen molar-refractivity contribution in [3.05, 3.63) is 70.3 Å². The Kier molecular flexibility index (Phi) is 5.00. The smallest absolute Gasteiger partial charge is 0.254 e. The Bertz CT molecular complexity index is 730. The summed E-state index contributed by atoms with van der Waals surface area (Å²) in [6.07, 6.45) is 0. The van der Waals surface area contributed by atoms with Gasteiger partial charge in [-0.15, -0.1) is 0 Å². The quantitative estimate of drug-likeness (QED) is 0.862. The monoisotopic (exact) mass is 322 g/mol. The van der Waals surface area contributed by atoms with Gasteiger partial charge in [-0.05, 0) is 49.1 Å². The molecule has 0 aromatic heterocycles. The first-order valence-electron chi connectivity index (χ1n) is 8.68. The third-order valence-electron chi connectivity index (χ3n) is 5.15. The Labute approximate surface area is 144 Å². The fourth-order valence-corrected chi connectivity index (χ4v) is 3.29. The second-order valence-corrected chi connectivity index (χ2v) is 6.74. The molecule has 1 amide bonds. The predicted molar refractivity (Wildman–Crippen MR) is 98.3 cm³/mol. The highest BCUT2D eigenvalue weighted by atomic mass is 16.2. The van der Waals surface area contributed by atoms with Gasteiger partial charge in [-0.3, -0.25) is 9.69 Å². The molecule has 3 rings (SSSR count). The average molecular weight is 322 g/mol. The number of rotatable bonds is 3. The molecule has 0 atom stereocenters. The van der Waals surface area contributed by atoms with Crippen LogP contribution in [0.15, 0.2) is 42.5 Å². The molecule has 1 saturated heterocycles. The van der Waals surface area contributed by atoms with Crippen molar-refractivity contribution in [1.82, 2.24) is 9.80 Å². The topological polar surface area (TPSA) is 23.6 Å². The van der Waals surface area contributed by atoms with Crippen LogP contribution in [0.2, 0.25) is 0 Å². The molecule has 3 nitrogen and oxygen atoms in total. The summed E-state index contributed by atoms with van der Waals surface area (Å²) < 4.78 is 0. The fourth-order valence-electron chi connectivity index (χ4n) is 3.29. The molecular weight excluding hydrogens is 296 g/mol. The Balaban J connectivity index is 1.62. The normalized spacial score (nSPS) is 15.5. The lowest BCUT2D eigenvalue weighted by Gasteiger charge is -2.35. The Morgan fingerprint density at radius 2 is 1.54 bits per heavy atom. The van der Waals surface area contributed by atoms with Crippen LogP contribution in [0, 0.1) is 20.8 Å². The first kappa shape index (κ1) is 16.7. The number of piperazine rings is 1. The van der Waals surface area contributed by atoms with E-state index in [-0.39, 0.29) is 5.91 Å². The zero-order chi connectivity index (χ0) is 17.1. The van der Waals surface area contributed by atoms with E-state index in [1.54, 1.807) is 0 Å². The summed E-state index contributed by atoms with van der Waals surface area (Å²) in [5.41, 5.74) is 5.85. The lowest BCUT2D eigenvalue weighted by atomic mass is 10.0. The molecule has 0 spiro atoms. The molecule has 1 aliphatic rings. The number of aryl methyl sites for hydroxylation is 2. The van der Waals surface area contributed by atoms with Gasteiger partial charge in [-0.2, -0.15) is 0 Å². The van der Waals surface area contributed by atoms with Gasteiger partial charge in [0.15, 0.2) is 0 Å². The highest BCUT2D eigenvalue weighted by molar-refractivity contribution is 5.96. The molecule has 1 fully saturated rings. The molecule has 24 heavy (non-hydrogen) atoms. The van der Waals surface area contributed by atoms with Crippen LogP contribution in [0.25, 0.3) is 0 Å². The largest absolute Gasteiger partial charge is 0.336 e. The van der Waals surface area contributed by atoms with Gasteiger partial charge in [-0.25, -0.2) is 0 Å². The van der Waals surface area contributed by atoms with Crippen LogP contribution in [0.4, 0.5) is 0 Å². The number of carbonyl (C=O) groups excluding carboxylic acids is 1. The Hall–Kier alpha value is -2.13. The number of hydrogen-bond acceptors (Lipinski definition) is 2. The van der Waals surface area contributed by atoms with Crippen molar-refractivity contribution in [3.8, 4) is 0 Å². The fraction of sp³-hybridized carbons (Fsp3) is 0.381.